The molecule has 2 aromatic heterocycles. The SMILES string of the molecule is C=CC(=O)N1CC2(CCN(c3nc4c(c(NC(Cc5nnc(C)o5)CC(C)C)n3)CCC(C)(C)C4)C2)C1. The van der Waals surface area contributed by atoms with Gasteiger partial charge in [0.05, 0.1) is 5.69 Å². The second-order valence-electron chi connectivity index (χ2n) is 12.6. The molecule has 1 aliphatic carbocycles. The number of anilines is 2. The van der Waals surface area contributed by atoms with E-state index in [0.29, 0.717) is 24.1 Å². The minimum absolute atomic E-state index is 0.0236. The fraction of sp³-hybridized carbons (Fsp3) is 0.679. The molecule has 9 nitrogen and oxygen atoms in total. The van der Waals surface area contributed by atoms with Gasteiger partial charge in [-0.1, -0.05) is 34.3 Å². The standard InChI is InChI=1S/C28H41N7O2/c1-7-24(36)35-16-28(17-35)10-11-34(15-28)26-30-22-14-27(5,6)9-8-21(22)25(31-26)29-20(12-18(2)3)13-23-33-32-19(4)37-23/h7,18,20H,1,8-17H2,2-6H3,(H,29,30,31). The van der Waals surface area contributed by atoms with E-state index in [4.69, 9.17) is 14.4 Å². The maximum atomic E-state index is 12.0. The molecule has 1 atom stereocenters. The molecule has 9 heteroatoms. The van der Waals surface area contributed by atoms with E-state index in [1.807, 2.05) is 11.8 Å². The highest BCUT2D eigenvalue weighted by Crippen LogP contribution is 2.42. The van der Waals surface area contributed by atoms with Gasteiger partial charge in [-0.15, -0.1) is 10.2 Å². The minimum Gasteiger partial charge on any atom is -0.426 e. The van der Waals surface area contributed by atoms with E-state index in [2.05, 4.69) is 54.7 Å². The summed E-state index contributed by atoms with van der Waals surface area (Å²) in [5, 5.41) is 12.1. The van der Waals surface area contributed by atoms with E-state index in [1.165, 1.54) is 17.3 Å². The average molecular weight is 508 g/mol. The monoisotopic (exact) mass is 507 g/mol. The molecule has 2 fully saturated rings. The molecule has 5 rings (SSSR count). The first-order chi connectivity index (χ1) is 17.5. The van der Waals surface area contributed by atoms with Crippen molar-refractivity contribution in [2.75, 3.05) is 36.4 Å². The number of nitrogens with one attached hydrogen (secondary N) is 1. The molecule has 0 radical (unpaired) electrons. The zero-order valence-electron chi connectivity index (χ0n) is 23.0. The third-order valence-electron chi connectivity index (χ3n) is 8.12. The maximum Gasteiger partial charge on any atom is 0.245 e. The zero-order chi connectivity index (χ0) is 26.4. The number of rotatable bonds is 8. The van der Waals surface area contributed by atoms with Gasteiger partial charge in [-0.3, -0.25) is 4.79 Å². The second kappa shape index (κ2) is 9.72. The first-order valence-corrected chi connectivity index (χ1v) is 13.7. The molecule has 200 valence electrons. The predicted octanol–water partition coefficient (Wildman–Crippen LogP) is 3.98. The fourth-order valence-corrected chi connectivity index (χ4v) is 6.19. The lowest BCUT2D eigenvalue weighted by Gasteiger charge is -2.47. The Bertz CT molecular complexity index is 1170. The van der Waals surface area contributed by atoms with Crippen LogP contribution >= 0.6 is 0 Å². The molecule has 0 bridgehead atoms. The van der Waals surface area contributed by atoms with Crippen molar-refractivity contribution in [3.05, 3.63) is 35.7 Å². The normalized spacial score (nSPS) is 20.6. The molecular formula is C28H41N7O2. The Morgan fingerprint density at radius 3 is 2.65 bits per heavy atom. The van der Waals surface area contributed by atoms with Gasteiger partial charge in [-0.2, -0.15) is 4.98 Å². The Morgan fingerprint density at radius 2 is 1.97 bits per heavy atom. The summed E-state index contributed by atoms with van der Waals surface area (Å²) >= 11 is 0. The number of amides is 1. The van der Waals surface area contributed by atoms with Crippen LogP contribution in [0.3, 0.4) is 0 Å². The van der Waals surface area contributed by atoms with Gasteiger partial charge in [0.15, 0.2) is 0 Å². The lowest BCUT2D eigenvalue weighted by Crippen LogP contribution is -2.59. The van der Waals surface area contributed by atoms with E-state index in [0.717, 1.165) is 70.0 Å². The third kappa shape index (κ3) is 5.50. The number of aryl methyl sites for hydroxylation is 1. The van der Waals surface area contributed by atoms with Crippen molar-refractivity contribution in [2.45, 2.75) is 79.2 Å². The summed E-state index contributed by atoms with van der Waals surface area (Å²) in [5.74, 6) is 3.54. The Morgan fingerprint density at radius 1 is 1.19 bits per heavy atom. The molecule has 2 aromatic rings. The second-order valence-corrected chi connectivity index (χ2v) is 12.6. The number of carbonyl (C=O) groups excluding carboxylic acids is 1. The quantitative estimate of drug-likeness (QED) is 0.536. The van der Waals surface area contributed by atoms with E-state index >= 15 is 0 Å². The van der Waals surface area contributed by atoms with Crippen LogP contribution in [0.25, 0.3) is 0 Å². The van der Waals surface area contributed by atoms with E-state index in [9.17, 15) is 4.79 Å². The van der Waals surface area contributed by atoms with Crippen LogP contribution < -0.4 is 10.2 Å². The van der Waals surface area contributed by atoms with Gasteiger partial charge >= 0.3 is 0 Å². The Kier molecular flexibility index (Phi) is 6.75. The summed E-state index contributed by atoms with van der Waals surface area (Å²) in [5.41, 5.74) is 2.78. The zero-order valence-corrected chi connectivity index (χ0v) is 23.0. The highest BCUT2D eigenvalue weighted by molar-refractivity contribution is 5.87. The van der Waals surface area contributed by atoms with Crippen LogP contribution in [0.15, 0.2) is 17.1 Å². The van der Waals surface area contributed by atoms with Crippen molar-refractivity contribution in [3.63, 3.8) is 0 Å². The summed E-state index contributed by atoms with van der Waals surface area (Å²) in [6.45, 7) is 18.0. The predicted molar refractivity (Wildman–Crippen MR) is 143 cm³/mol. The van der Waals surface area contributed by atoms with Crippen molar-refractivity contribution in [1.29, 1.82) is 0 Å². The molecule has 4 heterocycles. The van der Waals surface area contributed by atoms with Crippen molar-refractivity contribution < 1.29 is 9.21 Å². The van der Waals surface area contributed by atoms with Crippen LogP contribution in [0.1, 0.15) is 70.0 Å². The van der Waals surface area contributed by atoms with Crippen molar-refractivity contribution in [2.24, 2.45) is 16.7 Å². The molecule has 0 aromatic carbocycles. The molecule has 37 heavy (non-hydrogen) atoms. The topological polar surface area (TPSA) is 100 Å². The highest BCUT2D eigenvalue weighted by Gasteiger charge is 2.49. The van der Waals surface area contributed by atoms with Crippen molar-refractivity contribution in [3.8, 4) is 0 Å². The summed E-state index contributed by atoms with van der Waals surface area (Å²) in [4.78, 5) is 26.5. The van der Waals surface area contributed by atoms with Crippen molar-refractivity contribution in [1.82, 2.24) is 25.1 Å². The number of nitrogens with zero attached hydrogens (tertiary/aromatic N) is 6. The number of carbonyl (C=O) groups is 1. The highest BCUT2D eigenvalue weighted by atomic mass is 16.4. The third-order valence-corrected chi connectivity index (χ3v) is 8.12. The molecule has 0 saturated carbocycles. The Hall–Kier alpha value is -2.97. The minimum atomic E-state index is 0.0236. The molecule has 2 saturated heterocycles. The average Bonchev–Trinajstić information content (AvgIpc) is 3.42. The molecule has 1 amide bonds. The smallest absolute Gasteiger partial charge is 0.245 e. The maximum absolute atomic E-state index is 12.0. The fourth-order valence-electron chi connectivity index (χ4n) is 6.19. The summed E-state index contributed by atoms with van der Waals surface area (Å²) in [7, 11) is 0. The van der Waals surface area contributed by atoms with E-state index in [-0.39, 0.29) is 22.8 Å². The van der Waals surface area contributed by atoms with Gasteiger partial charge < -0.3 is 19.5 Å². The van der Waals surface area contributed by atoms with Gasteiger partial charge in [-0.25, -0.2) is 4.98 Å². The van der Waals surface area contributed by atoms with Crippen LogP contribution in [-0.2, 0) is 24.1 Å². The lowest BCUT2D eigenvalue weighted by atomic mass is 9.76. The molecule has 1 spiro atoms. The van der Waals surface area contributed by atoms with Gasteiger partial charge in [0.2, 0.25) is 23.6 Å². The lowest BCUT2D eigenvalue weighted by molar-refractivity contribution is -0.136. The summed E-state index contributed by atoms with van der Waals surface area (Å²) in [6.07, 6.45) is 7.14. The van der Waals surface area contributed by atoms with Gasteiger partial charge in [0, 0.05) is 56.5 Å². The van der Waals surface area contributed by atoms with Crippen LogP contribution in [-0.4, -0.2) is 63.2 Å². The molecule has 3 aliphatic rings. The van der Waals surface area contributed by atoms with Crippen LogP contribution in [0.4, 0.5) is 11.8 Å². The van der Waals surface area contributed by atoms with Crippen LogP contribution in [0.5, 0.6) is 0 Å². The van der Waals surface area contributed by atoms with Gasteiger partial charge in [0.1, 0.15) is 5.82 Å². The Balaban J connectivity index is 1.41. The molecule has 1 unspecified atom stereocenters. The summed E-state index contributed by atoms with van der Waals surface area (Å²) < 4.78 is 5.72. The number of hydrogen-bond acceptors (Lipinski definition) is 8. The van der Waals surface area contributed by atoms with E-state index in [1.54, 1.807) is 0 Å². The first kappa shape index (κ1) is 25.7. The number of fused-ring (bicyclic) bond motifs is 1. The van der Waals surface area contributed by atoms with Gasteiger partial charge in [0.25, 0.3) is 0 Å². The Labute approximate surface area is 220 Å². The van der Waals surface area contributed by atoms with E-state index < -0.39 is 0 Å². The van der Waals surface area contributed by atoms with Crippen molar-refractivity contribution >= 4 is 17.7 Å². The number of hydrogen-bond donors (Lipinski definition) is 1. The summed E-state index contributed by atoms with van der Waals surface area (Å²) in [6, 6.07) is 0.136. The molecule has 2 aliphatic heterocycles. The number of aromatic nitrogens is 4. The largest absolute Gasteiger partial charge is 0.426 e. The molecular weight excluding hydrogens is 466 g/mol. The van der Waals surface area contributed by atoms with Crippen LogP contribution in [0.2, 0.25) is 0 Å². The molecule has 1 N–H and O–H groups in total. The first-order valence-electron chi connectivity index (χ1n) is 13.7. The van der Waals surface area contributed by atoms with Gasteiger partial charge in [-0.05, 0) is 49.5 Å². The van der Waals surface area contributed by atoms with Crippen LogP contribution in [0, 0.1) is 23.7 Å². The number of likely N-dealkylation sites (tertiary alicyclic amines) is 1.